The van der Waals surface area contributed by atoms with E-state index in [1.807, 2.05) is 13.8 Å². The molecule has 9 nitrogen and oxygen atoms in total. The fourth-order valence-corrected chi connectivity index (χ4v) is 3.26. The minimum Gasteiger partial charge on any atom is -0.493 e. The van der Waals surface area contributed by atoms with E-state index in [0.717, 1.165) is 0 Å². The average molecular weight is 360 g/mol. The average Bonchev–Trinajstić information content (AvgIpc) is 3.03. The molecule has 1 N–H and O–H groups in total. The Kier molecular flexibility index (Phi) is 4.54. The van der Waals surface area contributed by atoms with Gasteiger partial charge in [-0.1, -0.05) is 6.07 Å². The van der Waals surface area contributed by atoms with Crippen LogP contribution in [0.3, 0.4) is 0 Å². The van der Waals surface area contributed by atoms with Gasteiger partial charge in [-0.05, 0) is 31.5 Å². The fourth-order valence-electron chi connectivity index (χ4n) is 3.26. The second kappa shape index (κ2) is 6.66. The van der Waals surface area contributed by atoms with Crippen molar-refractivity contribution in [1.29, 1.82) is 0 Å². The second-order valence-electron chi connectivity index (χ2n) is 6.30. The molecule has 9 heteroatoms. The first-order chi connectivity index (χ1) is 12.4. The van der Waals surface area contributed by atoms with Gasteiger partial charge >= 0.3 is 11.9 Å². The zero-order valence-electron chi connectivity index (χ0n) is 14.9. The maximum atomic E-state index is 12.5. The molecule has 1 aliphatic heterocycles. The van der Waals surface area contributed by atoms with Crippen molar-refractivity contribution in [1.82, 2.24) is 9.78 Å². The molecule has 2 heterocycles. The van der Waals surface area contributed by atoms with Gasteiger partial charge in [-0.3, -0.25) is 14.9 Å². The Balaban J connectivity index is 2.19. The second-order valence-corrected chi connectivity index (χ2v) is 6.30. The lowest BCUT2D eigenvalue weighted by Gasteiger charge is -2.27. The van der Waals surface area contributed by atoms with Gasteiger partial charge in [-0.25, -0.2) is 4.68 Å². The Morgan fingerprint density at radius 3 is 2.54 bits per heavy atom. The summed E-state index contributed by atoms with van der Waals surface area (Å²) >= 11 is 0. The van der Waals surface area contributed by atoms with Gasteiger partial charge in [-0.2, -0.15) is 5.10 Å². The van der Waals surface area contributed by atoms with Crippen LogP contribution >= 0.6 is 0 Å². The van der Waals surface area contributed by atoms with Crippen molar-refractivity contribution in [2.45, 2.75) is 31.8 Å². The van der Waals surface area contributed by atoms with Crippen LogP contribution in [-0.4, -0.2) is 40.9 Å². The smallest absolute Gasteiger partial charge is 0.301 e. The lowest BCUT2D eigenvalue weighted by Crippen LogP contribution is -2.44. The van der Waals surface area contributed by atoms with Gasteiger partial charge in [0, 0.05) is 16.5 Å². The molecule has 0 bridgehead atoms. The van der Waals surface area contributed by atoms with Crippen molar-refractivity contribution in [3.63, 3.8) is 0 Å². The van der Waals surface area contributed by atoms with Crippen LogP contribution in [0.4, 0.5) is 5.82 Å². The minimum absolute atomic E-state index is 0.00254. The Bertz CT molecular complexity index is 861. The fraction of sp³-hybridized carbons (Fsp3) is 0.412. The summed E-state index contributed by atoms with van der Waals surface area (Å²) in [6.07, 6.45) is 1.58. The molecule has 0 radical (unpaired) electrons. The summed E-state index contributed by atoms with van der Waals surface area (Å²) in [5.74, 6) is -0.00299. The molecule has 1 aliphatic rings. The Morgan fingerprint density at radius 1 is 1.27 bits per heavy atom. The molecule has 0 aliphatic carbocycles. The third kappa shape index (κ3) is 2.75. The van der Waals surface area contributed by atoms with Crippen LogP contribution in [0.2, 0.25) is 0 Å². The van der Waals surface area contributed by atoms with Crippen LogP contribution in [0.25, 0.3) is 0 Å². The summed E-state index contributed by atoms with van der Waals surface area (Å²) in [5, 5.41) is 18.6. The summed E-state index contributed by atoms with van der Waals surface area (Å²) in [5.41, 5.74) is 1.19. The summed E-state index contributed by atoms with van der Waals surface area (Å²) < 4.78 is 12.2. The summed E-state index contributed by atoms with van der Waals surface area (Å²) in [7, 11) is 3.00. The van der Waals surface area contributed by atoms with E-state index in [4.69, 9.17) is 9.47 Å². The monoisotopic (exact) mass is 360 g/mol. The standard InChI is InChI=1S/C17H20N4O5/c1-9(2)20-16-11(8-18-20)14(15(21(23)24)17(22)19-16)10-5-6-12(25-3)13(7-10)26-4/h5-9,14-15H,1-4H3,(H,19,22)/t14-,15-/m0/s1. The van der Waals surface area contributed by atoms with E-state index in [1.165, 1.54) is 14.2 Å². The van der Waals surface area contributed by atoms with Crippen molar-refractivity contribution in [2.24, 2.45) is 0 Å². The number of carbonyl (C=O) groups excluding carboxylic acids is 1. The number of anilines is 1. The van der Waals surface area contributed by atoms with Gasteiger partial charge < -0.3 is 14.8 Å². The highest BCUT2D eigenvalue weighted by Crippen LogP contribution is 2.41. The normalized spacial score (nSPS) is 19.0. The number of nitrogens with zero attached hydrogens (tertiary/aromatic N) is 3. The molecular formula is C17H20N4O5. The zero-order chi connectivity index (χ0) is 19.0. The number of hydrogen-bond acceptors (Lipinski definition) is 6. The summed E-state index contributed by atoms with van der Waals surface area (Å²) in [6.45, 7) is 3.84. The van der Waals surface area contributed by atoms with Crippen LogP contribution in [-0.2, 0) is 4.79 Å². The predicted octanol–water partition coefficient (Wildman–Crippen LogP) is 2.21. The van der Waals surface area contributed by atoms with Gasteiger partial charge in [0.2, 0.25) is 0 Å². The first kappa shape index (κ1) is 17.7. The van der Waals surface area contributed by atoms with E-state index in [-0.39, 0.29) is 6.04 Å². The number of ether oxygens (including phenoxy) is 2. The highest BCUT2D eigenvalue weighted by molar-refractivity contribution is 5.98. The number of rotatable bonds is 5. The molecule has 0 saturated carbocycles. The van der Waals surface area contributed by atoms with Crippen molar-refractivity contribution < 1.29 is 19.2 Å². The van der Waals surface area contributed by atoms with Crippen LogP contribution in [0.1, 0.15) is 36.9 Å². The van der Waals surface area contributed by atoms with Crippen LogP contribution in [0.15, 0.2) is 24.4 Å². The number of benzene rings is 1. The first-order valence-corrected chi connectivity index (χ1v) is 8.12. The predicted molar refractivity (Wildman–Crippen MR) is 93.4 cm³/mol. The number of hydrogen-bond donors (Lipinski definition) is 1. The van der Waals surface area contributed by atoms with Gasteiger partial charge in [0.15, 0.2) is 11.5 Å². The number of fused-ring (bicyclic) bond motifs is 1. The lowest BCUT2D eigenvalue weighted by molar-refractivity contribution is -0.509. The van der Waals surface area contributed by atoms with E-state index in [1.54, 1.807) is 29.1 Å². The number of aromatic nitrogens is 2. The van der Waals surface area contributed by atoms with Gasteiger partial charge in [0.25, 0.3) is 0 Å². The van der Waals surface area contributed by atoms with Crippen molar-refractivity contribution >= 4 is 11.7 Å². The Morgan fingerprint density at radius 2 is 1.96 bits per heavy atom. The lowest BCUT2D eigenvalue weighted by atomic mass is 9.83. The number of methoxy groups -OCH3 is 2. The topological polar surface area (TPSA) is 109 Å². The van der Waals surface area contributed by atoms with E-state index in [0.29, 0.717) is 28.4 Å². The highest BCUT2D eigenvalue weighted by Gasteiger charge is 2.47. The van der Waals surface area contributed by atoms with Crippen LogP contribution in [0.5, 0.6) is 11.5 Å². The molecule has 26 heavy (non-hydrogen) atoms. The molecule has 1 amide bonds. The molecule has 0 saturated heterocycles. The van der Waals surface area contributed by atoms with E-state index >= 15 is 0 Å². The summed E-state index contributed by atoms with van der Waals surface area (Å²) in [6, 6.07) is 3.58. The minimum atomic E-state index is -1.45. The molecule has 138 valence electrons. The van der Waals surface area contributed by atoms with E-state index < -0.39 is 22.8 Å². The molecule has 0 fully saturated rings. The number of nitro groups is 1. The molecular weight excluding hydrogens is 340 g/mol. The third-order valence-corrected chi connectivity index (χ3v) is 4.47. The number of carbonyl (C=O) groups is 1. The molecule has 1 aromatic heterocycles. The van der Waals surface area contributed by atoms with Crippen LogP contribution < -0.4 is 14.8 Å². The van der Waals surface area contributed by atoms with E-state index in [9.17, 15) is 14.9 Å². The summed E-state index contributed by atoms with van der Waals surface area (Å²) in [4.78, 5) is 23.6. The molecule has 2 atom stereocenters. The molecule has 1 aromatic carbocycles. The van der Waals surface area contributed by atoms with Gasteiger partial charge in [0.1, 0.15) is 5.82 Å². The third-order valence-electron chi connectivity index (χ3n) is 4.47. The zero-order valence-corrected chi connectivity index (χ0v) is 14.9. The highest BCUT2D eigenvalue weighted by atomic mass is 16.6. The maximum absolute atomic E-state index is 12.5. The molecule has 3 rings (SSSR count). The van der Waals surface area contributed by atoms with Crippen molar-refractivity contribution in [3.05, 3.63) is 45.6 Å². The quantitative estimate of drug-likeness (QED) is 0.647. The van der Waals surface area contributed by atoms with Gasteiger partial charge in [-0.15, -0.1) is 0 Å². The molecule has 0 spiro atoms. The molecule has 0 unspecified atom stereocenters. The Hall–Kier alpha value is -3.10. The Labute approximate surface area is 150 Å². The largest absolute Gasteiger partial charge is 0.493 e. The first-order valence-electron chi connectivity index (χ1n) is 8.12. The maximum Gasteiger partial charge on any atom is 0.301 e. The number of nitrogens with one attached hydrogen (secondary N) is 1. The van der Waals surface area contributed by atoms with E-state index in [2.05, 4.69) is 10.4 Å². The van der Waals surface area contributed by atoms with Crippen LogP contribution in [0, 0.1) is 10.1 Å². The number of amides is 1. The SMILES string of the molecule is COc1ccc([C@H]2c3cnn(C(C)C)c3NC(=O)[C@H]2[N+](=O)[O-])cc1OC. The molecule has 2 aromatic rings. The van der Waals surface area contributed by atoms with Crippen molar-refractivity contribution in [2.75, 3.05) is 19.5 Å². The van der Waals surface area contributed by atoms with Gasteiger partial charge in [0.05, 0.1) is 26.3 Å². The van der Waals surface area contributed by atoms with Crippen molar-refractivity contribution in [3.8, 4) is 11.5 Å².